The Morgan fingerprint density at radius 3 is 2.65 bits per heavy atom. The van der Waals surface area contributed by atoms with Crippen LogP contribution in [-0.2, 0) is 4.79 Å². The van der Waals surface area contributed by atoms with Gasteiger partial charge in [0.05, 0.1) is 19.8 Å². The number of nitrogens with one attached hydrogen (secondary N) is 2. The standard InChI is InChI=1S/C17H19ClN2O3/c1-23-15-7-5-12(6-8-15)16(21)10-20-17(22)11-19-14-4-2-3-13(18)9-14/h2-9,16,19,21H,10-11H2,1H3,(H,20,22)/t16-/m0/s1. The number of ether oxygens (including phenoxy) is 1. The van der Waals surface area contributed by atoms with Gasteiger partial charge in [0.25, 0.3) is 0 Å². The summed E-state index contributed by atoms with van der Waals surface area (Å²) in [7, 11) is 1.58. The van der Waals surface area contributed by atoms with E-state index in [-0.39, 0.29) is 19.0 Å². The molecule has 2 rings (SSSR count). The average molecular weight is 335 g/mol. The summed E-state index contributed by atoms with van der Waals surface area (Å²) in [6, 6.07) is 14.2. The van der Waals surface area contributed by atoms with Crippen molar-refractivity contribution in [3.63, 3.8) is 0 Å². The highest BCUT2D eigenvalue weighted by Gasteiger charge is 2.09. The lowest BCUT2D eigenvalue weighted by atomic mass is 10.1. The van der Waals surface area contributed by atoms with Crippen LogP contribution in [0.5, 0.6) is 5.75 Å². The average Bonchev–Trinajstić information content (AvgIpc) is 2.58. The van der Waals surface area contributed by atoms with Crippen molar-refractivity contribution in [1.82, 2.24) is 5.32 Å². The van der Waals surface area contributed by atoms with Crippen LogP contribution in [-0.4, -0.2) is 31.2 Å². The van der Waals surface area contributed by atoms with E-state index in [1.165, 1.54) is 0 Å². The molecule has 0 heterocycles. The number of carbonyl (C=O) groups is 1. The van der Waals surface area contributed by atoms with Gasteiger partial charge in [0.2, 0.25) is 5.91 Å². The smallest absolute Gasteiger partial charge is 0.239 e. The first kappa shape index (κ1) is 17.1. The second kappa shape index (κ2) is 8.41. The molecular weight excluding hydrogens is 316 g/mol. The lowest BCUT2D eigenvalue weighted by molar-refractivity contribution is -0.119. The molecule has 0 aromatic heterocycles. The van der Waals surface area contributed by atoms with Crippen LogP contribution in [0.4, 0.5) is 5.69 Å². The van der Waals surface area contributed by atoms with Gasteiger partial charge < -0.3 is 20.5 Å². The first-order chi connectivity index (χ1) is 11.1. The van der Waals surface area contributed by atoms with Crippen molar-refractivity contribution >= 4 is 23.2 Å². The summed E-state index contributed by atoms with van der Waals surface area (Å²) >= 11 is 5.87. The summed E-state index contributed by atoms with van der Waals surface area (Å²) in [5.41, 5.74) is 1.48. The third kappa shape index (κ3) is 5.47. The number of hydrogen-bond donors (Lipinski definition) is 3. The predicted molar refractivity (Wildman–Crippen MR) is 90.9 cm³/mol. The number of methoxy groups -OCH3 is 1. The number of rotatable bonds is 7. The van der Waals surface area contributed by atoms with E-state index in [0.717, 1.165) is 11.4 Å². The van der Waals surface area contributed by atoms with E-state index in [1.54, 1.807) is 49.6 Å². The zero-order valence-electron chi connectivity index (χ0n) is 12.8. The first-order valence-electron chi connectivity index (χ1n) is 7.16. The van der Waals surface area contributed by atoms with E-state index >= 15 is 0 Å². The number of carbonyl (C=O) groups excluding carboxylic acids is 1. The van der Waals surface area contributed by atoms with Gasteiger partial charge in [0, 0.05) is 17.3 Å². The molecule has 5 nitrogen and oxygen atoms in total. The minimum absolute atomic E-state index is 0.107. The van der Waals surface area contributed by atoms with Crippen LogP contribution in [0.2, 0.25) is 5.02 Å². The molecule has 0 unspecified atom stereocenters. The third-order valence-corrected chi connectivity index (χ3v) is 3.51. The quantitative estimate of drug-likeness (QED) is 0.728. The van der Waals surface area contributed by atoms with Crippen molar-refractivity contribution in [1.29, 1.82) is 0 Å². The molecule has 0 aliphatic rings. The Morgan fingerprint density at radius 1 is 1.26 bits per heavy atom. The second-order valence-electron chi connectivity index (χ2n) is 4.96. The fourth-order valence-corrected chi connectivity index (χ4v) is 2.19. The van der Waals surface area contributed by atoms with Gasteiger partial charge in [-0.1, -0.05) is 29.8 Å². The fraction of sp³-hybridized carbons (Fsp3) is 0.235. The molecule has 23 heavy (non-hydrogen) atoms. The molecule has 0 radical (unpaired) electrons. The van der Waals surface area contributed by atoms with Crippen LogP contribution in [0.15, 0.2) is 48.5 Å². The molecule has 2 aromatic rings. The van der Waals surface area contributed by atoms with E-state index in [2.05, 4.69) is 10.6 Å². The maximum Gasteiger partial charge on any atom is 0.239 e. The Balaban J connectivity index is 1.76. The molecule has 0 spiro atoms. The highest BCUT2D eigenvalue weighted by molar-refractivity contribution is 6.30. The summed E-state index contributed by atoms with van der Waals surface area (Å²) in [5.74, 6) is 0.508. The van der Waals surface area contributed by atoms with Crippen molar-refractivity contribution in [2.75, 3.05) is 25.5 Å². The Morgan fingerprint density at radius 2 is 2.00 bits per heavy atom. The Bertz CT molecular complexity index is 647. The normalized spacial score (nSPS) is 11.6. The molecular formula is C17H19ClN2O3. The van der Waals surface area contributed by atoms with Crippen LogP contribution < -0.4 is 15.4 Å². The zero-order chi connectivity index (χ0) is 16.7. The third-order valence-electron chi connectivity index (χ3n) is 3.27. The molecule has 122 valence electrons. The van der Waals surface area contributed by atoms with Crippen molar-refractivity contribution in [3.05, 3.63) is 59.1 Å². The number of anilines is 1. The fourth-order valence-electron chi connectivity index (χ4n) is 2.00. The Hall–Kier alpha value is -2.24. The van der Waals surface area contributed by atoms with Crippen LogP contribution in [0.3, 0.4) is 0 Å². The number of benzene rings is 2. The molecule has 1 amide bonds. The van der Waals surface area contributed by atoms with Crippen molar-refractivity contribution < 1.29 is 14.6 Å². The molecule has 6 heteroatoms. The van der Waals surface area contributed by atoms with Gasteiger partial charge in [-0.15, -0.1) is 0 Å². The molecule has 0 aliphatic carbocycles. The van der Waals surface area contributed by atoms with Gasteiger partial charge in [-0.25, -0.2) is 0 Å². The number of halogens is 1. The summed E-state index contributed by atoms with van der Waals surface area (Å²) in [6.45, 7) is 0.248. The van der Waals surface area contributed by atoms with E-state index < -0.39 is 6.10 Å². The maximum atomic E-state index is 11.8. The lowest BCUT2D eigenvalue weighted by Crippen LogP contribution is -2.33. The number of aliphatic hydroxyl groups is 1. The highest BCUT2D eigenvalue weighted by Crippen LogP contribution is 2.17. The highest BCUT2D eigenvalue weighted by atomic mass is 35.5. The molecule has 0 bridgehead atoms. The van der Waals surface area contributed by atoms with E-state index in [0.29, 0.717) is 10.6 Å². The van der Waals surface area contributed by atoms with Crippen molar-refractivity contribution in [3.8, 4) is 5.75 Å². The van der Waals surface area contributed by atoms with E-state index in [1.807, 2.05) is 6.07 Å². The van der Waals surface area contributed by atoms with Crippen molar-refractivity contribution in [2.45, 2.75) is 6.10 Å². The zero-order valence-corrected chi connectivity index (χ0v) is 13.5. The first-order valence-corrected chi connectivity index (χ1v) is 7.54. The van der Waals surface area contributed by atoms with Gasteiger partial charge >= 0.3 is 0 Å². The van der Waals surface area contributed by atoms with Gasteiger partial charge in [0.15, 0.2) is 0 Å². The summed E-state index contributed by atoms with van der Waals surface area (Å²) in [5, 5.41) is 16.3. The van der Waals surface area contributed by atoms with Crippen LogP contribution >= 0.6 is 11.6 Å². The molecule has 0 fully saturated rings. The van der Waals surface area contributed by atoms with E-state index in [4.69, 9.17) is 16.3 Å². The van der Waals surface area contributed by atoms with E-state index in [9.17, 15) is 9.90 Å². The minimum Gasteiger partial charge on any atom is -0.497 e. The molecule has 3 N–H and O–H groups in total. The number of hydrogen-bond acceptors (Lipinski definition) is 4. The summed E-state index contributed by atoms with van der Waals surface area (Å²) in [4.78, 5) is 11.8. The Labute approximate surface area is 140 Å². The van der Waals surface area contributed by atoms with Gasteiger partial charge in [-0.3, -0.25) is 4.79 Å². The SMILES string of the molecule is COc1ccc([C@@H](O)CNC(=O)CNc2cccc(Cl)c2)cc1. The molecule has 1 atom stereocenters. The minimum atomic E-state index is -0.768. The summed E-state index contributed by atoms with van der Waals surface area (Å²) in [6.07, 6.45) is -0.768. The largest absolute Gasteiger partial charge is 0.497 e. The molecule has 0 saturated heterocycles. The topological polar surface area (TPSA) is 70.6 Å². The second-order valence-corrected chi connectivity index (χ2v) is 5.39. The van der Waals surface area contributed by atoms with Gasteiger partial charge in [0.1, 0.15) is 5.75 Å². The monoisotopic (exact) mass is 334 g/mol. The van der Waals surface area contributed by atoms with Gasteiger partial charge in [-0.2, -0.15) is 0 Å². The number of amides is 1. The van der Waals surface area contributed by atoms with Crippen LogP contribution in [0, 0.1) is 0 Å². The van der Waals surface area contributed by atoms with Crippen LogP contribution in [0.25, 0.3) is 0 Å². The molecule has 2 aromatic carbocycles. The Kier molecular flexibility index (Phi) is 6.26. The van der Waals surface area contributed by atoms with Gasteiger partial charge in [-0.05, 0) is 35.9 Å². The maximum absolute atomic E-state index is 11.8. The molecule has 0 saturated carbocycles. The summed E-state index contributed by atoms with van der Waals surface area (Å²) < 4.78 is 5.06. The van der Waals surface area contributed by atoms with Crippen LogP contribution in [0.1, 0.15) is 11.7 Å². The predicted octanol–water partition coefficient (Wildman–Crippen LogP) is 2.61. The number of aliphatic hydroxyl groups excluding tert-OH is 1. The molecule has 0 aliphatic heterocycles. The lowest BCUT2D eigenvalue weighted by Gasteiger charge is -2.13. The van der Waals surface area contributed by atoms with Crippen molar-refractivity contribution in [2.24, 2.45) is 0 Å².